The minimum absolute atomic E-state index is 0.420. The molecule has 96 valence electrons. The summed E-state index contributed by atoms with van der Waals surface area (Å²) < 4.78 is 29.1. The lowest BCUT2D eigenvalue weighted by Gasteiger charge is -2.12. The second-order valence-electron chi connectivity index (χ2n) is 4.21. The molecule has 0 saturated carbocycles. The molecular weight excluding hydrogens is 226 g/mol. The Hall–Kier alpha value is -1.23. The van der Waals surface area contributed by atoms with E-state index in [2.05, 4.69) is 24.1 Å². The molecule has 0 amide bonds. The minimum atomic E-state index is -2.47. The highest BCUT2D eigenvalue weighted by Gasteiger charge is 2.07. The van der Waals surface area contributed by atoms with E-state index >= 15 is 0 Å². The molecule has 0 bridgehead atoms. The van der Waals surface area contributed by atoms with Gasteiger partial charge in [0.25, 0.3) is 6.43 Å². The van der Waals surface area contributed by atoms with Crippen LogP contribution in [-0.4, -0.2) is 24.6 Å². The molecule has 0 aliphatic heterocycles. The number of nitrogens with one attached hydrogen (secondary N) is 1. The molecule has 0 atom stereocenters. The van der Waals surface area contributed by atoms with E-state index in [1.807, 2.05) is 0 Å². The largest absolute Gasteiger partial charge is 0.486 e. The summed E-state index contributed by atoms with van der Waals surface area (Å²) in [5.41, 5.74) is 0.848. The smallest absolute Gasteiger partial charge is 0.272 e. The minimum Gasteiger partial charge on any atom is -0.486 e. The average Bonchev–Trinajstić information content (AvgIpc) is 2.27. The van der Waals surface area contributed by atoms with Crippen LogP contribution in [0.5, 0.6) is 5.75 Å². The number of rotatable bonds is 7. The predicted octanol–water partition coefficient (Wildman–Crippen LogP) is 2.47. The SMILES string of the molecule is CC(C)CNCc1ccncc1OCC(F)F. The molecule has 0 unspecified atom stereocenters. The number of alkyl halides is 2. The van der Waals surface area contributed by atoms with E-state index in [1.54, 1.807) is 12.3 Å². The van der Waals surface area contributed by atoms with E-state index in [0.717, 1.165) is 12.1 Å². The molecule has 0 aliphatic carbocycles. The lowest BCUT2D eigenvalue weighted by molar-refractivity contribution is 0.0812. The molecule has 0 spiro atoms. The molecule has 1 rings (SSSR count). The summed E-state index contributed by atoms with van der Waals surface area (Å²) in [5.74, 6) is 0.964. The van der Waals surface area contributed by atoms with Gasteiger partial charge in [-0.15, -0.1) is 0 Å². The first kappa shape index (κ1) is 13.8. The van der Waals surface area contributed by atoms with Gasteiger partial charge in [-0.2, -0.15) is 0 Å². The summed E-state index contributed by atoms with van der Waals surface area (Å²) in [7, 11) is 0. The van der Waals surface area contributed by atoms with Gasteiger partial charge in [-0.3, -0.25) is 4.98 Å². The van der Waals surface area contributed by atoms with Crippen LogP contribution in [0.3, 0.4) is 0 Å². The van der Waals surface area contributed by atoms with Gasteiger partial charge < -0.3 is 10.1 Å². The van der Waals surface area contributed by atoms with Crippen LogP contribution in [0, 0.1) is 5.92 Å². The van der Waals surface area contributed by atoms with Crippen LogP contribution in [0.1, 0.15) is 19.4 Å². The lowest BCUT2D eigenvalue weighted by Crippen LogP contribution is -2.20. The van der Waals surface area contributed by atoms with Gasteiger partial charge in [0.15, 0.2) is 0 Å². The topological polar surface area (TPSA) is 34.2 Å². The Morgan fingerprint density at radius 1 is 1.41 bits per heavy atom. The van der Waals surface area contributed by atoms with Crippen LogP contribution < -0.4 is 10.1 Å². The Morgan fingerprint density at radius 2 is 2.18 bits per heavy atom. The molecule has 0 saturated heterocycles. The summed E-state index contributed by atoms with van der Waals surface area (Å²) in [6.07, 6.45) is 0.628. The highest BCUT2D eigenvalue weighted by molar-refractivity contribution is 5.29. The highest BCUT2D eigenvalue weighted by Crippen LogP contribution is 2.16. The Labute approximate surface area is 100 Å². The summed E-state index contributed by atoms with van der Waals surface area (Å²) in [5, 5.41) is 3.23. The van der Waals surface area contributed by atoms with Crippen molar-refractivity contribution in [1.29, 1.82) is 0 Å². The van der Waals surface area contributed by atoms with Crippen molar-refractivity contribution < 1.29 is 13.5 Å². The van der Waals surface area contributed by atoms with Crippen LogP contribution in [0.25, 0.3) is 0 Å². The molecule has 1 heterocycles. The molecule has 0 fully saturated rings. The van der Waals surface area contributed by atoms with Crippen molar-refractivity contribution in [3.05, 3.63) is 24.0 Å². The fourth-order valence-electron chi connectivity index (χ4n) is 1.33. The van der Waals surface area contributed by atoms with Gasteiger partial charge in [0, 0.05) is 18.3 Å². The summed E-state index contributed by atoms with van der Waals surface area (Å²) >= 11 is 0. The van der Waals surface area contributed by atoms with Crippen LogP contribution in [0.15, 0.2) is 18.5 Å². The maximum atomic E-state index is 12.0. The first-order valence-corrected chi connectivity index (χ1v) is 5.64. The van der Waals surface area contributed by atoms with Gasteiger partial charge in [-0.05, 0) is 18.5 Å². The van der Waals surface area contributed by atoms with Crippen LogP contribution in [0.4, 0.5) is 8.78 Å². The van der Waals surface area contributed by atoms with Crippen molar-refractivity contribution in [2.24, 2.45) is 5.92 Å². The number of hydrogen-bond acceptors (Lipinski definition) is 3. The van der Waals surface area contributed by atoms with Gasteiger partial charge in [0.05, 0.1) is 6.20 Å². The number of ether oxygens (including phenoxy) is 1. The van der Waals surface area contributed by atoms with Crippen LogP contribution >= 0.6 is 0 Å². The molecule has 0 aromatic carbocycles. The lowest BCUT2D eigenvalue weighted by atomic mass is 10.2. The number of halogens is 2. The Morgan fingerprint density at radius 3 is 2.82 bits per heavy atom. The zero-order chi connectivity index (χ0) is 12.7. The molecule has 1 N–H and O–H groups in total. The van der Waals surface area contributed by atoms with E-state index in [0.29, 0.717) is 18.2 Å². The summed E-state index contributed by atoms with van der Waals surface area (Å²) in [6, 6.07) is 1.77. The molecular formula is C12H18F2N2O. The molecule has 17 heavy (non-hydrogen) atoms. The Kier molecular flexibility index (Phi) is 5.83. The van der Waals surface area contributed by atoms with Crippen molar-refractivity contribution in [3.63, 3.8) is 0 Å². The number of hydrogen-bond donors (Lipinski definition) is 1. The van der Waals surface area contributed by atoms with Crippen molar-refractivity contribution in [2.45, 2.75) is 26.8 Å². The third kappa shape index (κ3) is 5.58. The zero-order valence-corrected chi connectivity index (χ0v) is 10.1. The van der Waals surface area contributed by atoms with Crippen molar-refractivity contribution in [3.8, 4) is 5.75 Å². The zero-order valence-electron chi connectivity index (χ0n) is 10.1. The van der Waals surface area contributed by atoms with E-state index < -0.39 is 13.0 Å². The van der Waals surface area contributed by atoms with E-state index in [9.17, 15) is 8.78 Å². The second-order valence-corrected chi connectivity index (χ2v) is 4.21. The normalized spacial score (nSPS) is 11.2. The van der Waals surface area contributed by atoms with Gasteiger partial charge >= 0.3 is 0 Å². The fourth-order valence-corrected chi connectivity index (χ4v) is 1.33. The highest BCUT2D eigenvalue weighted by atomic mass is 19.3. The van der Waals surface area contributed by atoms with Crippen LogP contribution in [0.2, 0.25) is 0 Å². The fraction of sp³-hybridized carbons (Fsp3) is 0.583. The quantitative estimate of drug-likeness (QED) is 0.800. The maximum absolute atomic E-state index is 12.0. The molecule has 1 aromatic rings. The standard InChI is InChI=1S/C12H18F2N2O/c1-9(2)5-16-6-10-3-4-15-7-11(10)17-8-12(13)14/h3-4,7,9,12,16H,5-6,8H2,1-2H3. The Bertz CT molecular complexity index is 332. The van der Waals surface area contributed by atoms with Crippen LogP contribution in [-0.2, 0) is 6.54 Å². The van der Waals surface area contributed by atoms with Gasteiger partial charge in [0.1, 0.15) is 12.4 Å². The second kappa shape index (κ2) is 7.17. The average molecular weight is 244 g/mol. The van der Waals surface area contributed by atoms with Gasteiger partial charge in [-0.1, -0.05) is 13.8 Å². The predicted molar refractivity (Wildman–Crippen MR) is 62.3 cm³/mol. The third-order valence-electron chi connectivity index (χ3n) is 2.10. The van der Waals surface area contributed by atoms with Gasteiger partial charge in [0.2, 0.25) is 0 Å². The van der Waals surface area contributed by atoms with Crippen molar-refractivity contribution in [1.82, 2.24) is 10.3 Å². The number of nitrogens with zero attached hydrogens (tertiary/aromatic N) is 1. The molecule has 0 aliphatic rings. The van der Waals surface area contributed by atoms with E-state index in [-0.39, 0.29) is 0 Å². The summed E-state index contributed by atoms with van der Waals surface area (Å²) in [6.45, 7) is 5.08. The van der Waals surface area contributed by atoms with E-state index in [4.69, 9.17) is 4.74 Å². The molecule has 1 aromatic heterocycles. The Balaban J connectivity index is 2.51. The summed E-state index contributed by atoms with van der Waals surface area (Å²) in [4.78, 5) is 3.87. The number of pyridine rings is 1. The van der Waals surface area contributed by atoms with Gasteiger partial charge in [-0.25, -0.2) is 8.78 Å². The first-order valence-electron chi connectivity index (χ1n) is 5.64. The molecule has 0 radical (unpaired) electrons. The first-order chi connectivity index (χ1) is 8.09. The number of aromatic nitrogens is 1. The maximum Gasteiger partial charge on any atom is 0.272 e. The van der Waals surface area contributed by atoms with Crippen molar-refractivity contribution in [2.75, 3.05) is 13.2 Å². The van der Waals surface area contributed by atoms with Crippen molar-refractivity contribution >= 4 is 0 Å². The third-order valence-corrected chi connectivity index (χ3v) is 2.10. The molecule has 3 nitrogen and oxygen atoms in total. The monoisotopic (exact) mass is 244 g/mol. The molecule has 5 heteroatoms. The van der Waals surface area contributed by atoms with E-state index in [1.165, 1.54) is 6.20 Å².